The van der Waals surface area contributed by atoms with E-state index < -0.39 is 57.8 Å². The molecule has 158 valence electrons. The fourth-order valence-electron chi connectivity index (χ4n) is 1.90. The summed E-state index contributed by atoms with van der Waals surface area (Å²) in [5, 5.41) is -0.00648. The Bertz CT molecular complexity index is 604. The molecular weight excluding hydrogens is 465 g/mol. The van der Waals surface area contributed by atoms with Crippen LogP contribution >= 0.6 is 23.2 Å². The van der Waals surface area contributed by atoms with Gasteiger partial charge in [0.05, 0.1) is 0 Å². The standard InChI is InChI=1S/C9H3Cl2F12N3O/c10-1(11)2(27)24-3-4(6(12,13)14,7(15,16)17)26-5(25-3,8(18,19)20)9(21,22)23/h1,26H,(H,24,25,27). The molecule has 1 aliphatic heterocycles. The third-order valence-corrected chi connectivity index (χ3v) is 3.51. The molecule has 4 nitrogen and oxygen atoms in total. The van der Waals surface area contributed by atoms with Crippen molar-refractivity contribution in [3.63, 3.8) is 0 Å². The number of rotatable bonds is 1. The van der Waals surface area contributed by atoms with E-state index in [1.807, 2.05) is 0 Å². The summed E-state index contributed by atoms with van der Waals surface area (Å²) in [4.78, 5) is 10.3. The van der Waals surface area contributed by atoms with Crippen molar-refractivity contribution in [3.8, 4) is 0 Å². The van der Waals surface area contributed by atoms with E-state index in [1.165, 1.54) is 4.99 Å². The van der Waals surface area contributed by atoms with Crippen molar-refractivity contribution in [1.29, 1.82) is 0 Å². The molecule has 0 aliphatic carbocycles. The molecule has 27 heavy (non-hydrogen) atoms. The Labute approximate surface area is 149 Å². The van der Waals surface area contributed by atoms with Crippen molar-refractivity contribution in [2.45, 2.75) is 40.7 Å². The Morgan fingerprint density at radius 1 is 0.852 bits per heavy atom. The third-order valence-electron chi connectivity index (χ3n) is 3.11. The minimum atomic E-state index is -6.87. The molecule has 18 heteroatoms. The van der Waals surface area contributed by atoms with Crippen molar-refractivity contribution < 1.29 is 57.5 Å². The van der Waals surface area contributed by atoms with E-state index >= 15 is 0 Å². The summed E-state index contributed by atoms with van der Waals surface area (Å²) < 4.78 is 156. The highest BCUT2D eigenvalue weighted by molar-refractivity contribution is 6.54. The number of carbonyl (C=O) groups is 1. The average molecular weight is 468 g/mol. The lowest BCUT2D eigenvalue weighted by atomic mass is 9.95. The molecule has 1 aliphatic rings. The van der Waals surface area contributed by atoms with Crippen molar-refractivity contribution in [3.05, 3.63) is 0 Å². The topological polar surface area (TPSA) is 53.5 Å². The van der Waals surface area contributed by atoms with E-state index in [0.29, 0.717) is 5.32 Å². The quantitative estimate of drug-likeness (QED) is 0.457. The number of nitrogens with one attached hydrogen (secondary N) is 2. The van der Waals surface area contributed by atoms with Gasteiger partial charge in [0.1, 0.15) is 5.84 Å². The smallest absolute Gasteiger partial charge is 0.310 e. The molecule has 1 rings (SSSR count). The van der Waals surface area contributed by atoms with Gasteiger partial charge in [0.15, 0.2) is 4.84 Å². The van der Waals surface area contributed by atoms with Crippen LogP contribution in [-0.4, -0.2) is 52.5 Å². The lowest BCUT2D eigenvalue weighted by Crippen LogP contribution is -2.77. The van der Waals surface area contributed by atoms with Crippen molar-refractivity contribution >= 4 is 34.9 Å². The Kier molecular flexibility index (Phi) is 5.69. The van der Waals surface area contributed by atoms with Crippen molar-refractivity contribution in [2.24, 2.45) is 4.99 Å². The van der Waals surface area contributed by atoms with Crippen LogP contribution in [0, 0.1) is 0 Å². The van der Waals surface area contributed by atoms with Crippen molar-refractivity contribution in [2.75, 3.05) is 0 Å². The summed E-state index contributed by atoms with van der Waals surface area (Å²) in [7, 11) is 0. The largest absolute Gasteiger partial charge is 0.436 e. The Morgan fingerprint density at radius 2 is 1.22 bits per heavy atom. The van der Waals surface area contributed by atoms with Gasteiger partial charge in [0, 0.05) is 0 Å². The first-order chi connectivity index (χ1) is 11.6. The summed E-state index contributed by atoms with van der Waals surface area (Å²) in [6.45, 7) is 0. The lowest BCUT2D eigenvalue weighted by molar-refractivity contribution is -0.333. The van der Waals surface area contributed by atoms with Gasteiger partial charge >= 0.3 is 30.4 Å². The number of alkyl halides is 14. The maximum Gasteiger partial charge on any atom is 0.436 e. The molecule has 0 aromatic rings. The van der Waals surface area contributed by atoms with Crippen molar-refractivity contribution in [1.82, 2.24) is 10.6 Å². The highest BCUT2D eigenvalue weighted by atomic mass is 35.5. The van der Waals surface area contributed by atoms with Gasteiger partial charge in [-0.1, -0.05) is 23.2 Å². The molecule has 0 aromatic heterocycles. The first kappa shape index (κ1) is 23.9. The highest BCUT2D eigenvalue weighted by Gasteiger charge is 2.86. The van der Waals surface area contributed by atoms with Crippen LogP contribution in [0.2, 0.25) is 0 Å². The van der Waals surface area contributed by atoms with Gasteiger partial charge in [0.25, 0.3) is 11.4 Å². The van der Waals surface area contributed by atoms with Crippen LogP contribution < -0.4 is 10.6 Å². The zero-order chi connectivity index (χ0) is 21.9. The molecule has 0 radical (unpaired) electrons. The lowest BCUT2D eigenvalue weighted by Gasteiger charge is -2.39. The van der Waals surface area contributed by atoms with E-state index in [9.17, 15) is 57.5 Å². The van der Waals surface area contributed by atoms with Crippen LogP contribution in [0.1, 0.15) is 0 Å². The molecule has 2 N–H and O–H groups in total. The number of amidine groups is 1. The maximum absolute atomic E-state index is 13.1. The molecule has 0 saturated carbocycles. The maximum atomic E-state index is 13.1. The van der Waals surface area contributed by atoms with E-state index in [-0.39, 0.29) is 0 Å². The molecular formula is C9H3Cl2F12N3O. The van der Waals surface area contributed by atoms with E-state index in [1.54, 1.807) is 0 Å². The fraction of sp³-hybridized carbons (Fsp3) is 0.778. The van der Waals surface area contributed by atoms with Crippen LogP contribution in [0.5, 0.6) is 0 Å². The van der Waals surface area contributed by atoms with Crippen LogP contribution in [-0.2, 0) is 4.79 Å². The third kappa shape index (κ3) is 3.62. The van der Waals surface area contributed by atoms with Gasteiger partial charge in [-0.15, -0.1) is 0 Å². The van der Waals surface area contributed by atoms with E-state index in [2.05, 4.69) is 0 Å². The molecule has 1 amide bonds. The molecule has 1 heterocycles. The normalized spacial score (nSPS) is 20.6. The number of nitrogens with zero attached hydrogens (tertiary/aromatic N) is 1. The molecule has 0 saturated heterocycles. The summed E-state index contributed by atoms with van der Waals surface area (Å²) in [5.41, 5.74) is -12.1. The second-order valence-corrected chi connectivity index (χ2v) is 5.92. The number of aliphatic imine (C=N–C) groups is 1. The number of halogens is 14. The van der Waals surface area contributed by atoms with Crippen LogP contribution in [0.15, 0.2) is 4.99 Å². The van der Waals surface area contributed by atoms with Gasteiger partial charge < -0.3 is 5.32 Å². The Hall–Kier alpha value is -1.16. The monoisotopic (exact) mass is 467 g/mol. The molecule has 0 atom stereocenters. The predicted molar refractivity (Wildman–Crippen MR) is 63.9 cm³/mol. The zero-order valence-electron chi connectivity index (χ0n) is 11.7. The Balaban J connectivity index is 3.90. The average Bonchev–Trinajstić information content (AvgIpc) is 2.74. The predicted octanol–water partition coefficient (Wildman–Crippen LogP) is 3.59. The number of carbonyl (C=O) groups excluding carboxylic acids is 1. The second-order valence-electron chi connectivity index (χ2n) is 4.83. The number of hydrogen-bond acceptors (Lipinski definition) is 3. The van der Waals surface area contributed by atoms with Crippen LogP contribution in [0.4, 0.5) is 52.7 Å². The van der Waals surface area contributed by atoms with Crippen LogP contribution in [0.3, 0.4) is 0 Å². The molecule has 0 spiro atoms. The van der Waals surface area contributed by atoms with Gasteiger partial charge in [0.2, 0.25) is 0 Å². The van der Waals surface area contributed by atoms with E-state index in [0.717, 1.165) is 0 Å². The van der Waals surface area contributed by atoms with Gasteiger partial charge in [-0.25, -0.2) is 10.3 Å². The molecule has 0 aromatic carbocycles. The molecule has 0 fully saturated rings. The summed E-state index contributed by atoms with van der Waals surface area (Å²) in [6.07, 6.45) is -27.4. The van der Waals surface area contributed by atoms with Gasteiger partial charge in [-0.2, -0.15) is 52.7 Å². The fourth-order valence-corrected chi connectivity index (χ4v) is 2.01. The zero-order valence-corrected chi connectivity index (χ0v) is 13.2. The number of amides is 1. The first-order valence-electron chi connectivity index (χ1n) is 5.89. The summed E-state index contributed by atoms with van der Waals surface area (Å²) >= 11 is 9.70. The minimum Gasteiger partial charge on any atom is -0.310 e. The van der Waals surface area contributed by atoms with E-state index in [4.69, 9.17) is 23.2 Å². The molecule has 0 unspecified atom stereocenters. The molecule has 0 bridgehead atoms. The van der Waals surface area contributed by atoms with Gasteiger partial charge in [-0.3, -0.25) is 4.79 Å². The Morgan fingerprint density at radius 3 is 1.48 bits per heavy atom. The summed E-state index contributed by atoms with van der Waals surface area (Å²) in [6, 6.07) is 0. The minimum absolute atomic E-state index is 0.526. The second kappa shape index (κ2) is 6.43. The summed E-state index contributed by atoms with van der Waals surface area (Å²) in [5.74, 6) is -5.26. The van der Waals surface area contributed by atoms with Gasteiger partial charge in [-0.05, 0) is 0 Å². The SMILES string of the molecule is O=C(NC1=NC(C(F)(F)F)(C(F)(F)F)NC1(C(F)(F)F)C(F)(F)F)C(Cl)Cl. The highest BCUT2D eigenvalue weighted by Crippen LogP contribution is 2.55. The van der Waals surface area contributed by atoms with Crippen LogP contribution in [0.25, 0.3) is 0 Å². The first-order valence-corrected chi connectivity index (χ1v) is 6.77. The number of hydrogen-bond donors (Lipinski definition) is 2.